The fraction of sp³-hybridized carbons (Fsp3) is 0.500. The van der Waals surface area contributed by atoms with Crippen molar-refractivity contribution in [1.29, 1.82) is 0 Å². The zero-order valence-electron chi connectivity index (χ0n) is 8.82. The lowest BCUT2D eigenvalue weighted by molar-refractivity contribution is -0.120. The Morgan fingerprint density at radius 2 is 2.25 bits per heavy atom. The van der Waals surface area contributed by atoms with Crippen LogP contribution in [0.4, 0.5) is 0 Å². The number of fused-ring (bicyclic) bond motifs is 2. The van der Waals surface area contributed by atoms with Gasteiger partial charge in [0.15, 0.2) is 0 Å². The summed E-state index contributed by atoms with van der Waals surface area (Å²) < 4.78 is 0. The SMILES string of the molecule is O=C1C[C@@H]2CC(c3ccc(Cl)nc3)[C@H](C1)N2. The van der Waals surface area contributed by atoms with Crippen LogP contribution in [-0.4, -0.2) is 22.9 Å². The van der Waals surface area contributed by atoms with E-state index in [2.05, 4.69) is 10.3 Å². The van der Waals surface area contributed by atoms with E-state index in [1.807, 2.05) is 18.3 Å². The molecule has 84 valence electrons. The van der Waals surface area contributed by atoms with Crippen LogP contribution in [-0.2, 0) is 4.79 Å². The Hall–Kier alpha value is -0.930. The normalized spacial score (nSPS) is 33.1. The molecule has 1 unspecified atom stereocenters. The molecule has 1 aromatic rings. The number of pyridine rings is 1. The number of aromatic nitrogens is 1. The number of ketones is 1. The van der Waals surface area contributed by atoms with Gasteiger partial charge >= 0.3 is 0 Å². The number of nitrogens with zero attached hydrogens (tertiary/aromatic N) is 1. The lowest BCUT2D eigenvalue weighted by Crippen LogP contribution is -2.39. The highest BCUT2D eigenvalue weighted by Crippen LogP contribution is 2.37. The van der Waals surface area contributed by atoms with Gasteiger partial charge in [0.1, 0.15) is 10.9 Å². The fourth-order valence-electron chi connectivity index (χ4n) is 2.88. The second-order valence-electron chi connectivity index (χ2n) is 4.67. The van der Waals surface area contributed by atoms with Gasteiger partial charge in [-0.1, -0.05) is 17.7 Å². The van der Waals surface area contributed by atoms with Gasteiger partial charge in [0.05, 0.1) is 0 Å². The van der Waals surface area contributed by atoms with E-state index in [9.17, 15) is 4.79 Å². The molecule has 3 nitrogen and oxygen atoms in total. The molecule has 1 N–H and O–H groups in total. The average Bonchev–Trinajstić information content (AvgIpc) is 2.55. The van der Waals surface area contributed by atoms with E-state index in [4.69, 9.17) is 11.6 Å². The maximum Gasteiger partial charge on any atom is 0.136 e. The predicted molar refractivity (Wildman–Crippen MR) is 61.6 cm³/mol. The quantitative estimate of drug-likeness (QED) is 0.758. The van der Waals surface area contributed by atoms with Crippen molar-refractivity contribution in [3.8, 4) is 0 Å². The van der Waals surface area contributed by atoms with E-state index in [1.165, 1.54) is 5.56 Å². The number of halogens is 1. The molecule has 3 heterocycles. The maximum absolute atomic E-state index is 11.5. The van der Waals surface area contributed by atoms with Crippen molar-refractivity contribution in [2.24, 2.45) is 0 Å². The Balaban J connectivity index is 1.86. The number of carbonyl (C=O) groups excluding carboxylic acids is 1. The van der Waals surface area contributed by atoms with E-state index in [0.29, 0.717) is 41.8 Å². The Morgan fingerprint density at radius 1 is 1.38 bits per heavy atom. The highest BCUT2D eigenvalue weighted by Gasteiger charge is 2.40. The molecule has 1 aromatic heterocycles. The monoisotopic (exact) mass is 236 g/mol. The molecule has 2 bridgehead atoms. The molecule has 0 amide bonds. The molecule has 3 rings (SSSR count). The van der Waals surface area contributed by atoms with E-state index in [-0.39, 0.29) is 0 Å². The highest BCUT2D eigenvalue weighted by atomic mass is 35.5. The van der Waals surface area contributed by atoms with Gasteiger partial charge in [0, 0.05) is 37.0 Å². The molecule has 16 heavy (non-hydrogen) atoms. The smallest absolute Gasteiger partial charge is 0.136 e. The first-order chi connectivity index (χ1) is 7.72. The van der Waals surface area contributed by atoms with Crippen LogP contribution in [0.2, 0.25) is 5.15 Å². The number of nitrogens with one attached hydrogen (secondary N) is 1. The molecule has 0 aromatic carbocycles. The summed E-state index contributed by atoms with van der Waals surface area (Å²) >= 11 is 5.77. The third-order valence-corrected chi connectivity index (χ3v) is 3.80. The lowest BCUT2D eigenvalue weighted by Gasteiger charge is -2.22. The van der Waals surface area contributed by atoms with Crippen LogP contribution in [0.15, 0.2) is 18.3 Å². The molecule has 2 saturated heterocycles. The minimum Gasteiger partial charge on any atom is -0.310 e. The van der Waals surface area contributed by atoms with Gasteiger partial charge in [-0.15, -0.1) is 0 Å². The van der Waals surface area contributed by atoms with Crippen LogP contribution in [0, 0.1) is 0 Å². The molecule has 0 saturated carbocycles. The summed E-state index contributed by atoms with van der Waals surface area (Å²) in [5, 5.41) is 4.02. The molecule has 4 heteroatoms. The molecular formula is C12H13ClN2O. The average molecular weight is 237 g/mol. The van der Waals surface area contributed by atoms with E-state index in [1.54, 1.807) is 0 Å². The lowest BCUT2D eigenvalue weighted by atomic mass is 9.92. The van der Waals surface area contributed by atoms with E-state index < -0.39 is 0 Å². The van der Waals surface area contributed by atoms with Gasteiger partial charge in [-0.2, -0.15) is 0 Å². The minimum absolute atomic E-state index is 0.300. The number of Topliss-reactive ketones (excluding diaryl/α,β-unsaturated/α-hetero) is 1. The summed E-state index contributed by atoms with van der Waals surface area (Å²) in [4.78, 5) is 15.6. The molecule has 0 aliphatic carbocycles. The largest absolute Gasteiger partial charge is 0.310 e. The standard InChI is InChI=1S/C12H13ClN2O/c13-12-2-1-7(6-14-12)10-4-8-3-9(16)5-11(10)15-8/h1-2,6,8,10-11,15H,3-5H2/t8-,10?,11+/m1/s1. The van der Waals surface area contributed by atoms with Crippen LogP contribution in [0.1, 0.15) is 30.7 Å². The molecule has 2 fully saturated rings. The Bertz CT molecular complexity index is 418. The summed E-state index contributed by atoms with van der Waals surface area (Å²) in [7, 11) is 0. The Kier molecular flexibility index (Phi) is 2.45. The summed E-state index contributed by atoms with van der Waals surface area (Å²) in [5.41, 5.74) is 1.19. The maximum atomic E-state index is 11.5. The van der Waals surface area contributed by atoms with Crippen LogP contribution < -0.4 is 5.32 Å². The zero-order chi connectivity index (χ0) is 11.1. The number of piperidine rings is 1. The second kappa shape index (κ2) is 3.82. The van der Waals surface area contributed by atoms with Gasteiger partial charge in [-0.05, 0) is 18.1 Å². The van der Waals surface area contributed by atoms with Crippen molar-refractivity contribution in [3.63, 3.8) is 0 Å². The predicted octanol–water partition coefficient (Wildman–Crippen LogP) is 1.91. The fourth-order valence-corrected chi connectivity index (χ4v) is 2.99. The van der Waals surface area contributed by atoms with E-state index in [0.717, 1.165) is 6.42 Å². The Labute approximate surface area is 99.2 Å². The number of carbonyl (C=O) groups is 1. The summed E-state index contributed by atoms with van der Waals surface area (Å²) in [5.74, 6) is 0.805. The molecule has 0 radical (unpaired) electrons. The summed E-state index contributed by atoms with van der Waals surface area (Å²) in [6.07, 6.45) is 4.22. The van der Waals surface area contributed by atoms with Crippen LogP contribution >= 0.6 is 11.6 Å². The number of hydrogen-bond acceptors (Lipinski definition) is 3. The van der Waals surface area contributed by atoms with Crippen LogP contribution in [0.3, 0.4) is 0 Å². The summed E-state index contributed by atoms with van der Waals surface area (Å²) in [6, 6.07) is 4.51. The third kappa shape index (κ3) is 1.74. The van der Waals surface area contributed by atoms with Gasteiger partial charge < -0.3 is 5.32 Å². The summed E-state index contributed by atoms with van der Waals surface area (Å²) in [6.45, 7) is 0. The molecular weight excluding hydrogens is 224 g/mol. The molecule has 2 aliphatic rings. The highest BCUT2D eigenvalue weighted by molar-refractivity contribution is 6.29. The van der Waals surface area contributed by atoms with Crippen LogP contribution in [0.25, 0.3) is 0 Å². The van der Waals surface area contributed by atoms with Gasteiger partial charge in [-0.25, -0.2) is 4.98 Å². The Morgan fingerprint density at radius 3 is 3.00 bits per heavy atom. The number of rotatable bonds is 1. The van der Waals surface area contributed by atoms with Crippen LogP contribution in [0.5, 0.6) is 0 Å². The first-order valence-corrected chi connectivity index (χ1v) is 5.99. The van der Waals surface area contributed by atoms with E-state index >= 15 is 0 Å². The third-order valence-electron chi connectivity index (χ3n) is 3.57. The minimum atomic E-state index is 0.300. The van der Waals surface area contributed by atoms with Crippen molar-refractivity contribution < 1.29 is 4.79 Å². The molecule has 0 spiro atoms. The van der Waals surface area contributed by atoms with Crippen molar-refractivity contribution in [2.75, 3.05) is 0 Å². The van der Waals surface area contributed by atoms with Crippen molar-refractivity contribution in [1.82, 2.24) is 10.3 Å². The molecule has 2 aliphatic heterocycles. The topological polar surface area (TPSA) is 42.0 Å². The van der Waals surface area contributed by atoms with Crippen molar-refractivity contribution in [3.05, 3.63) is 29.0 Å². The number of hydrogen-bond donors (Lipinski definition) is 1. The zero-order valence-corrected chi connectivity index (χ0v) is 9.57. The first-order valence-electron chi connectivity index (χ1n) is 5.61. The van der Waals surface area contributed by atoms with Crippen molar-refractivity contribution in [2.45, 2.75) is 37.3 Å². The van der Waals surface area contributed by atoms with Gasteiger partial charge in [0.2, 0.25) is 0 Å². The first kappa shape index (κ1) is 10.2. The van der Waals surface area contributed by atoms with Gasteiger partial charge in [0.25, 0.3) is 0 Å². The molecule has 3 atom stereocenters. The second-order valence-corrected chi connectivity index (χ2v) is 5.06. The van der Waals surface area contributed by atoms with Crippen molar-refractivity contribution >= 4 is 17.4 Å². The van der Waals surface area contributed by atoms with Gasteiger partial charge in [-0.3, -0.25) is 4.79 Å².